The molecule has 34 heavy (non-hydrogen) atoms. The van der Waals surface area contributed by atoms with Crippen molar-refractivity contribution < 1.29 is 43.1 Å². The number of carbonyl (C=O) groups is 1. The van der Waals surface area contributed by atoms with Crippen LogP contribution in [0.2, 0.25) is 0 Å². The van der Waals surface area contributed by atoms with Crippen molar-refractivity contribution in [2.24, 2.45) is 0 Å². The second-order valence-electron chi connectivity index (χ2n) is 9.01. The van der Waals surface area contributed by atoms with Crippen LogP contribution in [0.25, 0.3) is 0 Å². The predicted octanol–water partition coefficient (Wildman–Crippen LogP) is 3.36. The Hall–Kier alpha value is -2.17. The van der Waals surface area contributed by atoms with Crippen LogP contribution in [0.3, 0.4) is 0 Å². The van der Waals surface area contributed by atoms with E-state index in [4.69, 9.17) is 33.2 Å². The summed E-state index contributed by atoms with van der Waals surface area (Å²) in [5.74, 6) is -0.543. The molecule has 0 aliphatic carbocycles. The molecule has 0 spiro atoms. The van der Waals surface area contributed by atoms with Gasteiger partial charge in [-0.15, -0.1) is 0 Å². The number of esters is 1. The van der Waals surface area contributed by atoms with Gasteiger partial charge in [-0.05, 0) is 51.7 Å². The molecule has 1 N–H and O–H groups in total. The van der Waals surface area contributed by atoms with E-state index in [1.54, 1.807) is 12.1 Å². The Morgan fingerprint density at radius 2 is 1.82 bits per heavy atom. The van der Waals surface area contributed by atoms with Gasteiger partial charge in [0, 0.05) is 26.7 Å². The van der Waals surface area contributed by atoms with Crippen LogP contribution in [-0.2, 0) is 30.1 Å². The molecule has 2 aliphatic heterocycles. The lowest BCUT2D eigenvalue weighted by atomic mass is 9.96. The largest absolute Gasteiger partial charge is 0.467 e. The van der Waals surface area contributed by atoms with E-state index < -0.39 is 24.0 Å². The highest BCUT2D eigenvalue weighted by atomic mass is 16.7. The highest BCUT2D eigenvalue weighted by molar-refractivity contribution is 5.94. The van der Waals surface area contributed by atoms with Crippen LogP contribution in [0.4, 0.5) is 0 Å². The maximum Gasteiger partial charge on any atom is 0.342 e. The van der Waals surface area contributed by atoms with E-state index >= 15 is 0 Å². The third-order valence-corrected chi connectivity index (χ3v) is 5.60. The number of fused-ring (bicyclic) bond motifs is 2. The lowest BCUT2D eigenvalue weighted by Gasteiger charge is -2.22. The Kier molecular flexibility index (Phi) is 9.32. The third kappa shape index (κ3) is 7.16. The van der Waals surface area contributed by atoms with E-state index in [9.17, 15) is 9.90 Å². The van der Waals surface area contributed by atoms with Gasteiger partial charge in [0.05, 0.1) is 12.2 Å². The van der Waals surface area contributed by atoms with E-state index in [2.05, 4.69) is 0 Å². The minimum absolute atomic E-state index is 0.0229. The monoisotopic (exact) mass is 480 g/mol. The summed E-state index contributed by atoms with van der Waals surface area (Å²) in [4.78, 5) is 13.2. The van der Waals surface area contributed by atoms with Gasteiger partial charge in [0.15, 0.2) is 19.4 Å². The molecule has 1 saturated heterocycles. The number of hydrogen-bond donors (Lipinski definition) is 1. The van der Waals surface area contributed by atoms with Crippen molar-refractivity contribution >= 4 is 5.97 Å². The molecule has 0 bridgehead atoms. The van der Waals surface area contributed by atoms with Gasteiger partial charge >= 0.3 is 5.97 Å². The maximum absolute atomic E-state index is 13.2. The number of ether oxygens (including phenoxy) is 7. The molecule has 1 aromatic rings. The first-order chi connectivity index (χ1) is 16.2. The zero-order chi connectivity index (χ0) is 24.7. The van der Waals surface area contributed by atoms with E-state index in [-0.39, 0.29) is 43.5 Å². The molecular weight excluding hydrogens is 444 g/mol. The Bertz CT molecular complexity index is 851. The molecule has 1 unspecified atom stereocenters. The van der Waals surface area contributed by atoms with Gasteiger partial charge < -0.3 is 38.3 Å². The van der Waals surface area contributed by atoms with Crippen molar-refractivity contribution in [1.82, 2.24) is 0 Å². The highest BCUT2D eigenvalue weighted by Crippen LogP contribution is 2.34. The Morgan fingerprint density at radius 1 is 1.09 bits per heavy atom. The SMILES string of the molecule is COCOc1cc2c(c(OCOC)c1)C(=O)O[C@@H](C)C/C=C/[C@H]1OC(C)(C)O[C@H]1CCC(O)C2. The second kappa shape index (κ2) is 12.0. The van der Waals surface area contributed by atoms with Crippen molar-refractivity contribution in [3.05, 3.63) is 35.4 Å². The molecule has 190 valence electrons. The van der Waals surface area contributed by atoms with Gasteiger partial charge in [0.1, 0.15) is 29.3 Å². The Balaban J connectivity index is 1.95. The van der Waals surface area contributed by atoms with Gasteiger partial charge in [-0.3, -0.25) is 0 Å². The average Bonchev–Trinajstić information content (AvgIpc) is 3.07. The van der Waals surface area contributed by atoms with E-state index in [0.29, 0.717) is 30.6 Å². The standard InChI is InChI=1S/C25H36O9/c1-16-7-6-8-20-21(34-25(2,3)33-20)10-9-18(26)11-17-12-19(30-14-28-4)13-22(31-15-29-5)23(17)24(27)32-16/h6,8,12-13,16,18,20-21,26H,7,9-11,14-15H2,1-5H3/b8-6+/t16-,18?,20+,21-/m0/s1. The maximum atomic E-state index is 13.2. The van der Waals surface area contributed by atoms with Crippen LogP contribution in [0.15, 0.2) is 24.3 Å². The van der Waals surface area contributed by atoms with Crippen LogP contribution in [-0.4, -0.2) is 69.1 Å². The minimum Gasteiger partial charge on any atom is -0.467 e. The topological polar surface area (TPSA) is 102 Å². The zero-order valence-electron chi connectivity index (χ0n) is 20.6. The molecule has 0 radical (unpaired) electrons. The molecule has 1 fully saturated rings. The fourth-order valence-corrected chi connectivity index (χ4v) is 4.14. The fourth-order valence-electron chi connectivity index (χ4n) is 4.14. The Labute approximate surface area is 200 Å². The van der Waals surface area contributed by atoms with Gasteiger partial charge in [-0.25, -0.2) is 4.79 Å². The van der Waals surface area contributed by atoms with Crippen LogP contribution in [0, 0.1) is 0 Å². The fraction of sp³-hybridized carbons (Fsp3) is 0.640. The summed E-state index contributed by atoms with van der Waals surface area (Å²) in [5, 5.41) is 10.9. The van der Waals surface area contributed by atoms with E-state index in [1.807, 2.05) is 32.9 Å². The van der Waals surface area contributed by atoms with Crippen molar-refractivity contribution in [3.8, 4) is 11.5 Å². The lowest BCUT2D eigenvalue weighted by molar-refractivity contribution is -0.144. The smallest absolute Gasteiger partial charge is 0.342 e. The highest BCUT2D eigenvalue weighted by Gasteiger charge is 2.40. The molecule has 2 heterocycles. The zero-order valence-corrected chi connectivity index (χ0v) is 20.6. The van der Waals surface area contributed by atoms with Crippen molar-refractivity contribution in [3.63, 3.8) is 0 Å². The number of aliphatic hydroxyl groups is 1. The van der Waals surface area contributed by atoms with Crippen LogP contribution in [0.1, 0.15) is 56.0 Å². The van der Waals surface area contributed by atoms with Crippen molar-refractivity contribution in [2.75, 3.05) is 27.8 Å². The average molecular weight is 481 g/mol. The van der Waals surface area contributed by atoms with Gasteiger partial charge in [0.2, 0.25) is 0 Å². The number of rotatable bonds is 6. The molecule has 2 aliphatic rings. The summed E-state index contributed by atoms with van der Waals surface area (Å²) in [5.41, 5.74) is 0.797. The first-order valence-corrected chi connectivity index (χ1v) is 11.5. The van der Waals surface area contributed by atoms with E-state index in [0.717, 1.165) is 0 Å². The summed E-state index contributed by atoms with van der Waals surface area (Å²) < 4.78 is 39.1. The number of aliphatic hydroxyl groups excluding tert-OH is 1. The molecule has 0 saturated carbocycles. The van der Waals surface area contributed by atoms with Crippen LogP contribution in [0.5, 0.6) is 11.5 Å². The molecule has 3 rings (SSSR count). The van der Waals surface area contributed by atoms with Gasteiger partial charge in [0.25, 0.3) is 0 Å². The first-order valence-electron chi connectivity index (χ1n) is 11.5. The van der Waals surface area contributed by atoms with Gasteiger partial charge in [-0.2, -0.15) is 0 Å². The van der Waals surface area contributed by atoms with Crippen molar-refractivity contribution in [2.45, 2.75) is 76.7 Å². The Morgan fingerprint density at radius 3 is 2.56 bits per heavy atom. The molecule has 0 aromatic heterocycles. The summed E-state index contributed by atoms with van der Waals surface area (Å²) in [6, 6.07) is 3.30. The minimum atomic E-state index is -0.739. The molecular formula is C25H36O9. The molecule has 1 aromatic carbocycles. The molecule has 9 nitrogen and oxygen atoms in total. The number of cyclic esters (lactones) is 1. The number of hydrogen-bond acceptors (Lipinski definition) is 9. The summed E-state index contributed by atoms with van der Waals surface area (Å²) in [6.45, 7) is 5.53. The molecule has 9 heteroatoms. The number of methoxy groups -OCH3 is 2. The van der Waals surface area contributed by atoms with Crippen LogP contribution >= 0.6 is 0 Å². The predicted molar refractivity (Wildman–Crippen MR) is 123 cm³/mol. The quantitative estimate of drug-likeness (QED) is 0.373. The second-order valence-corrected chi connectivity index (χ2v) is 9.01. The number of benzene rings is 1. The summed E-state index contributed by atoms with van der Waals surface area (Å²) in [6.07, 6.45) is 4.11. The first kappa shape index (κ1) is 26.4. The number of carbonyl (C=O) groups excluding carboxylic acids is 1. The van der Waals surface area contributed by atoms with E-state index in [1.165, 1.54) is 14.2 Å². The van der Waals surface area contributed by atoms with Gasteiger partial charge in [-0.1, -0.05) is 12.2 Å². The lowest BCUT2D eigenvalue weighted by Crippen LogP contribution is -2.25. The third-order valence-electron chi connectivity index (χ3n) is 5.60. The summed E-state index contributed by atoms with van der Waals surface area (Å²) >= 11 is 0. The molecule has 4 atom stereocenters. The molecule has 0 amide bonds. The van der Waals surface area contributed by atoms with Crippen molar-refractivity contribution in [1.29, 1.82) is 0 Å². The summed E-state index contributed by atoms with van der Waals surface area (Å²) in [7, 11) is 3.01. The normalized spacial score (nSPS) is 28.2. The van der Waals surface area contributed by atoms with Crippen LogP contribution < -0.4 is 9.47 Å².